The molecule has 0 fully saturated rings. The highest BCUT2D eigenvalue weighted by Gasteiger charge is 2.07. The summed E-state index contributed by atoms with van der Waals surface area (Å²) in [7, 11) is 0. The molecule has 0 unspecified atom stereocenters. The Morgan fingerprint density at radius 2 is 1.95 bits per heavy atom. The first-order chi connectivity index (χ1) is 9.83. The number of benzene rings is 1. The van der Waals surface area contributed by atoms with Crippen molar-refractivity contribution in [2.24, 2.45) is 0 Å². The van der Waals surface area contributed by atoms with E-state index in [-0.39, 0.29) is 5.91 Å². The molecule has 0 saturated carbocycles. The van der Waals surface area contributed by atoms with Crippen molar-refractivity contribution in [2.75, 3.05) is 5.32 Å². The second-order valence-electron chi connectivity index (χ2n) is 3.92. The third-order valence-corrected chi connectivity index (χ3v) is 2.58. The van der Waals surface area contributed by atoms with Gasteiger partial charge in [0.05, 0.1) is 0 Å². The molecule has 0 radical (unpaired) electrons. The van der Waals surface area contributed by atoms with Gasteiger partial charge in [-0.05, 0) is 12.1 Å². The monoisotopic (exact) mass is 266 g/mol. The zero-order valence-electron chi connectivity index (χ0n) is 10.3. The minimum atomic E-state index is -0.228. The molecule has 1 aromatic carbocycles. The van der Waals surface area contributed by atoms with E-state index in [4.69, 9.17) is 0 Å². The van der Waals surface area contributed by atoms with Gasteiger partial charge in [-0.15, -0.1) is 0 Å². The van der Waals surface area contributed by atoms with E-state index in [2.05, 4.69) is 25.4 Å². The van der Waals surface area contributed by atoms with Gasteiger partial charge in [0.25, 0.3) is 5.91 Å². The van der Waals surface area contributed by atoms with Crippen molar-refractivity contribution in [1.29, 1.82) is 0 Å². The van der Waals surface area contributed by atoms with Crippen molar-refractivity contribution < 1.29 is 4.79 Å². The van der Waals surface area contributed by atoms with E-state index in [1.807, 2.05) is 6.07 Å². The molecular formula is C13H10N6O. The zero-order chi connectivity index (χ0) is 13.8. The molecule has 20 heavy (non-hydrogen) atoms. The smallest absolute Gasteiger partial charge is 0.256 e. The van der Waals surface area contributed by atoms with Crippen molar-refractivity contribution in [3.05, 3.63) is 60.9 Å². The fourth-order valence-electron chi connectivity index (χ4n) is 1.65. The van der Waals surface area contributed by atoms with Crippen LogP contribution in [-0.4, -0.2) is 30.6 Å². The highest BCUT2D eigenvalue weighted by Crippen LogP contribution is 2.09. The predicted octanol–water partition coefficient (Wildman–Crippen LogP) is 1.31. The van der Waals surface area contributed by atoms with Gasteiger partial charge in [-0.1, -0.05) is 18.2 Å². The number of carbonyl (C=O) groups is 1. The van der Waals surface area contributed by atoms with Crippen LogP contribution in [0, 0.1) is 0 Å². The lowest BCUT2D eigenvalue weighted by molar-refractivity contribution is 0.102. The molecule has 0 aliphatic heterocycles. The van der Waals surface area contributed by atoms with Crippen molar-refractivity contribution in [1.82, 2.24) is 24.7 Å². The fourth-order valence-corrected chi connectivity index (χ4v) is 1.65. The van der Waals surface area contributed by atoms with E-state index in [0.717, 1.165) is 0 Å². The molecule has 3 aromatic rings. The molecule has 3 rings (SSSR count). The number of hydrogen-bond donors (Lipinski definition) is 1. The average molecular weight is 266 g/mol. The van der Waals surface area contributed by atoms with E-state index in [0.29, 0.717) is 17.2 Å². The van der Waals surface area contributed by atoms with Crippen LogP contribution < -0.4 is 5.32 Å². The van der Waals surface area contributed by atoms with Crippen LogP contribution in [0.3, 0.4) is 0 Å². The second kappa shape index (κ2) is 5.27. The number of nitrogens with zero attached hydrogens (tertiary/aromatic N) is 5. The zero-order valence-corrected chi connectivity index (χ0v) is 10.3. The Hall–Kier alpha value is -3.09. The molecule has 1 N–H and O–H groups in total. The van der Waals surface area contributed by atoms with Gasteiger partial charge < -0.3 is 5.32 Å². The molecule has 1 amide bonds. The lowest BCUT2D eigenvalue weighted by Crippen LogP contribution is -2.13. The Morgan fingerprint density at radius 1 is 1.10 bits per heavy atom. The summed E-state index contributed by atoms with van der Waals surface area (Å²) in [6.07, 6.45) is 4.28. The Morgan fingerprint density at radius 3 is 2.70 bits per heavy atom. The van der Waals surface area contributed by atoms with Crippen LogP contribution in [0.2, 0.25) is 0 Å². The van der Waals surface area contributed by atoms with Crippen LogP contribution in [0.4, 0.5) is 5.82 Å². The first-order valence-electron chi connectivity index (χ1n) is 5.86. The van der Waals surface area contributed by atoms with Crippen molar-refractivity contribution in [2.45, 2.75) is 0 Å². The summed E-state index contributed by atoms with van der Waals surface area (Å²) >= 11 is 0. The highest BCUT2D eigenvalue weighted by molar-refractivity contribution is 6.03. The molecule has 0 bridgehead atoms. The molecule has 0 atom stereocenters. The molecule has 2 heterocycles. The number of carbonyl (C=O) groups excluding carboxylic acids is 1. The Balaban J connectivity index is 1.82. The van der Waals surface area contributed by atoms with Gasteiger partial charge >= 0.3 is 0 Å². The predicted molar refractivity (Wildman–Crippen MR) is 71.3 cm³/mol. The standard InChI is InChI=1S/C13H10N6O/c20-13(10-4-2-1-3-5-10)18-11-6-12(16-8-15-11)19-9-14-7-17-19/h1-9H,(H,15,16,18,20). The maximum absolute atomic E-state index is 12.0. The number of anilines is 1. The van der Waals surface area contributed by atoms with Gasteiger partial charge in [-0.25, -0.2) is 19.6 Å². The molecule has 98 valence electrons. The molecule has 0 aliphatic rings. The van der Waals surface area contributed by atoms with Crippen molar-refractivity contribution >= 4 is 11.7 Å². The van der Waals surface area contributed by atoms with Gasteiger partial charge in [0.1, 0.15) is 24.8 Å². The molecular weight excluding hydrogens is 256 g/mol. The SMILES string of the molecule is O=C(Nc1cc(-n2cncn2)ncn1)c1ccccc1. The highest BCUT2D eigenvalue weighted by atomic mass is 16.1. The van der Waals surface area contributed by atoms with E-state index >= 15 is 0 Å². The first-order valence-corrected chi connectivity index (χ1v) is 5.86. The molecule has 7 heteroatoms. The first kappa shape index (κ1) is 12.0. The van der Waals surface area contributed by atoms with Crippen molar-refractivity contribution in [3.8, 4) is 5.82 Å². The lowest BCUT2D eigenvalue weighted by atomic mass is 10.2. The van der Waals surface area contributed by atoms with Gasteiger partial charge in [0, 0.05) is 11.6 Å². The van der Waals surface area contributed by atoms with Gasteiger partial charge in [0.2, 0.25) is 0 Å². The molecule has 0 saturated heterocycles. The third-order valence-electron chi connectivity index (χ3n) is 2.58. The molecule has 0 spiro atoms. The van der Waals surface area contributed by atoms with Crippen LogP contribution in [-0.2, 0) is 0 Å². The number of hydrogen-bond acceptors (Lipinski definition) is 5. The van der Waals surface area contributed by atoms with E-state index < -0.39 is 0 Å². The fraction of sp³-hybridized carbons (Fsp3) is 0. The van der Waals surface area contributed by atoms with Gasteiger partial charge in [-0.2, -0.15) is 5.10 Å². The minimum absolute atomic E-state index is 0.228. The van der Waals surface area contributed by atoms with Crippen LogP contribution in [0.25, 0.3) is 5.82 Å². The maximum Gasteiger partial charge on any atom is 0.256 e. The number of aromatic nitrogens is 5. The van der Waals surface area contributed by atoms with E-state index in [9.17, 15) is 4.79 Å². The van der Waals surface area contributed by atoms with Gasteiger partial charge in [-0.3, -0.25) is 4.79 Å². The molecule has 7 nitrogen and oxygen atoms in total. The third kappa shape index (κ3) is 2.51. The van der Waals surface area contributed by atoms with E-state index in [1.165, 1.54) is 23.7 Å². The van der Waals surface area contributed by atoms with Gasteiger partial charge in [0.15, 0.2) is 5.82 Å². The normalized spacial score (nSPS) is 10.2. The largest absolute Gasteiger partial charge is 0.306 e. The summed E-state index contributed by atoms with van der Waals surface area (Å²) in [4.78, 5) is 23.9. The van der Waals surface area contributed by atoms with Crippen LogP contribution in [0.1, 0.15) is 10.4 Å². The summed E-state index contributed by atoms with van der Waals surface area (Å²) in [6.45, 7) is 0. The Labute approximate surface area is 114 Å². The molecule has 0 aliphatic carbocycles. The summed E-state index contributed by atoms with van der Waals surface area (Å²) in [5, 5.41) is 6.68. The Kier molecular flexibility index (Phi) is 3.15. The summed E-state index contributed by atoms with van der Waals surface area (Å²) in [6, 6.07) is 10.5. The molecule has 2 aromatic heterocycles. The van der Waals surface area contributed by atoms with Crippen molar-refractivity contribution in [3.63, 3.8) is 0 Å². The Bertz CT molecular complexity index is 711. The van der Waals surface area contributed by atoms with E-state index in [1.54, 1.807) is 30.3 Å². The second-order valence-corrected chi connectivity index (χ2v) is 3.92. The van der Waals surface area contributed by atoms with Crippen LogP contribution in [0.15, 0.2) is 55.4 Å². The summed E-state index contributed by atoms with van der Waals surface area (Å²) in [5.41, 5.74) is 0.563. The van der Waals surface area contributed by atoms with Crippen LogP contribution >= 0.6 is 0 Å². The quantitative estimate of drug-likeness (QED) is 0.772. The number of amides is 1. The summed E-state index contributed by atoms with van der Waals surface area (Å²) < 4.78 is 1.49. The number of rotatable bonds is 3. The minimum Gasteiger partial charge on any atom is -0.306 e. The summed E-state index contributed by atoms with van der Waals surface area (Å²) in [5.74, 6) is 0.703. The number of nitrogens with one attached hydrogen (secondary N) is 1. The van der Waals surface area contributed by atoms with Crippen LogP contribution in [0.5, 0.6) is 0 Å². The average Bonchev–Trinajstić information content (AvgIpc) is 3.03. The lowest BCUT2D eigenvalue weighted by Gasteiger charge is -2.05. The maximum atomic E-state index is 12.0. The topological polar surface area (TPSA) is 85.6 Å².